The third-order valence-electron chi connectivity index (χ3n) is 5.36. The van der Waals surface area contributed by atoms with Crippen molar-refractivity contribution in [1.29, 1.82) is 0 Å². The standard InChI is InChI=1S/C16H33N5O5/c1-21(12(22)7-18)13-11(24-2)5-10(20)15(14(13)23)26-16-9(19)4-3-8(6-17)25-16/h8-11,13-16,23H,3-7,17-20H2,1-2H3/t8-,9+,10-,11-,13+,14+,15+,16+/m1/s1. The number of amides is 1. The normalized spacial score (nSPS) is 41.0. The Labute approximate surface area is 154 Å². The number of nitrogens with two attached hydrogens (primary N) is 4. The Morgan fingerprint density at radius 1 is 1.27 bits per heavy atom. The predicted octanol–water partition coefficient (Wildman–Crippen LogP) is -2.94. The minimum Gasteiger partial charge on any atom is -0.388 e. The topological polar surface area (TPSA) is 172 Å². The Kier molecular flexibility index (Phi) is 7.74. The van der Waals surface area contributed by atoms with Gasteiger partial charge in [0.2, 0.25) is 5.91 Å². The first-order chi connectivity index (χ1) is 12.3. The van der Waals surface area contributed by atoms with Gasteiger partial charge in [-0.2, -0.15) is 0 Å². The van der Waals surface area contributed by atoms with Crippen LogP contribution in [-0.4, -0.2) is 92.0 Å². The van der Waals surface area contributed by atoms with Gasteiger partial charge < -0.3 is 47.2 Å². The van der Waals surface area contributed by atoms with Crippen LogP contribution in [0.1, 0.15) is 19.3 Å². The number of nitrogens with zero attached hydrogens (tertiary/aromatic N) is 1. The molecule has 2 aliphatic rings. The molecule has 1 aliphatic carbocycles. The fourth-order valence-corrected chi connectivity index (χ4v) is 3.75. The van der Waals surface area contributed by atoms with E-state index in [0.29, 0.717) is 19.4 Å². The molecular formula is C16H33N5O5. The molecule has 0 unspecified atom stereocenters. The van der Waals surface area contributed by atoms with E-state index in [1.807, 2.05) is 0 Å². The number of likely N-dealkylation sites (N-methyl/N-ethyl adjacent to an activating group) is 1. The molecule has 1 saturated carbocycles. The van der Waals surface area contributed by atoms with Gasteiger partial charge in [0.1, 0.15) is 12.2 Å². The molecule has 0 aromatic rings. The summed E-state index contributed by atoms with van der Waals surface area (Å²) in [5, 5.41) is 10.9. The van der Waals surface area contributed by atoms with Gasteiger partial charge in [0.05, 0.1) is 30.8 Å². The highest BCUT2D eigenvalue weighted by atomic mass is 16.7. The maximum absolute atomic E-state index is 12.0. The zero-order valence-electron chi connectivity index (χ0n) is 15.5. The second kappa shape index (κ2) is 9.38. The van der Waals surface area contributed by atoms with Crippen LogP contribution in [0.3, 0.4) is 0 Å². The van der Waals surface area contributed by atoms with E-state index in [-0.39, 0.29) is 24.6 Å². The molecule has 9 N–H and O–H groups in total. The van der Waals surface area contributed by atoms with Gasteiger partial charge in [0.25, 0.3) is 0 Å². The van der Waals surface area contributed by atoms with Crippen LogP contribution in [0, 0.1) is 0 Å². The molecule has 152 valence electrons. The lowest BCUT2D eigenvalue weighted by Crippen LogP contribution is -2.67. The van der Waals surface area contributed by atoms with Crippen molar-refractivity contribution < 1.29 is 24.1 Å². The SMILES string of the molecule is CO[C@@H]1C[C@@H](N)[C@H](O[C@@H]2O[C@@H](CN)CC[C@@H]2N)[C@@H](O)[C@H]1N(C)C(=O)CN. The number of carbonyl (C=O) groups is 1. The fraction of sp³-hybridized carbons (Fsp3) is 0.938. The number of methoxy groups -OCH3 is 1. The van der Waals surface area contributed by atoms with Crippen molar-refractivity contribution in [2.45, 2.75) is 68.1 Å². The smallest absolute Gasteiger partial charge is 0.236 e. The molecule has 0 radical (unpaired) electrons. The zero-order valence-corrected chi connectivity index (χ0v) is 15.5. The van der Waals surface area contributed by atoms with Crippen LogP contribution in [0.2, 0.25) is 0 Å². The van der Waals surface area contributed by atoms with Gasteiger partial charge in [-0.15, -0.1) is 0 Å². The highest BCUT2D eigenvalue weighted by Gasteiger charge is 2.48. The van der Waals surface area contributed by atoms with Gasteiger partial charge in [0, 0.05) is 26.7 Å². The lowest BCUT2D eigenvalue weighted by Gasteiger charge is -2.48. The van der Waals surface area contributed by atoms with Gasteiger partial charge >= 0.3 is 0 Å². The Bertz CT molecular complexity index is 470. The molecule has 0 bridgehead atoms. The quantitative estimate of drug-likeness (QED) is 0.325. The third-order valence-corrected chi connectivity index (χ3v) is 5.36. The first-order valence-corrected chi connectivity index (χ1v) is 9.02. The maximum Gasteiger partial charge on any atom is 0.236 e. The number of ether oxygens (including phenoxy) is 3. The Morgan fingerprint density at radius 2 is 1.96 bits per heavy atom. The summed E-state index contributed by atoms with van der Waals surface area (Å²) in [6, 6.07) is -1.47. The van der Waals surface area contributed by atoms with E-state index in [9.17, 15) is 9.90 Å². The van der Waals surface area contributed by atoms with Crippen LogP contribution in [0.5, 0.6) is 0 Å². The molecule has 0 spiro atoms. The van der Waals surface area contributed by atoms with Crippen LogP contribution in [0.15, 0.2) is 0 Å². The fourth-order valence-electron chi connectivity index (χ4n) is 3.75. The highest BCUT2D eigenvalue weighted by Crippen LogP contribution is 2.30. The first kappa shape index (κ1) is 21.5. The molecule has 8 atom stereocenters. The lowest BCUT2D eigenvalue weighted by molar-refractivity contribution is -0.253. The van der Waals surface area contributed by atoms with Crippen LogP contribution in [-0.2, 0) is 19.0 Å². The highest BCUT2D eigenvalue weighted by molar-refractivity contribution is 5.78. The molecular weight excluding hydrogens is 342 g/mol. The van der Waals surface area contributed by atoms with E-state index >= 15 is 0 Å². The van der Waals surface area contributed by atoms with E-state index in [1.165, 1.54) is 12.0 Å². The number of hydrogen-bond acceptors (Lipinski definition) is 9. The summed E-state index contributed by atoms with van der Waals surface area (Å²) in [5.74, 6) is -0.306. The second-order valence-corrected chi connectivity index (χ2v) is 7.07. The molecule has 1 saturated heterocycles. The summed E-state index contributed by atoms with van der Waals surface area (Å²) in [6.07, 6.45) is -1.23. The van der Waals surface area contributed by atoms with Gasteiger partial charge in [-0.3, -0.25) is 4.79 Å². The van der Waals surface area contributed by atoms with E-state index in [4.69, 9.17) is 37.1 Å². The van der Waals surface area contributed by atoms with Crippen molar-refractivity contribution in [3.05, 3.63) is 0 Å². The van der Waals surface area contributed by atoms with Crippen LogP contribution >= 0.6 is 0 Å². The largest absolute Gasteiger partial charge is 0.388 e. The summed E-state index contributed by atoms with van der Waals surface area (Å²) in [7, 11) is 3.10. The van der Waals surface area contributed by atoms with Crippen LogP contribution in [0.4, 0.5) is 0 Å². The zero-order chi connectivity index (χ0) is 19.4. The Balaban J connectivity index is 2.15. The molecule has 10 heteroatoms. The van der Waals surface area contributed by atoms with Crippen molar-refractivity contribution in [3.63, 3.8) is 0 Å². The van der Waals surface area contributed by atoms with Crippen LogP contribution in [0.25, 0.3) is 0 Å². The van der Waals surface area contributed by atoms with E-state index in [2.05, 4.69) is 0 Å². The number of rotatable bonds is 6. The summed E-state index contributed by atoms with van der Waals surface area (Å²) in [4.78, 5) is 13.4. The average Bonchev–Trinajstić information content (AvgIpc) is 2.64. The van der Waals surface area contributed by atoms with Gasteiger partial charge in [0.15, 0.2) is 6.29 Å². The van der Waals surface area contributed by atoms with Crippen molar-refractivity contribution in [3.8, 4) is 0 Å². The number of carbonyl (C=O) groups excluding carboxylic acids is 1. The molecule has 1 heterocycles. The maximum atomic E-state index is 12.0. The van der Waals surface area contributed by atoms with Crippen molar-refractivity contribution in [2.75, 3.05) is 27.2 Å². The first-order valence-electron chi connectivity index (χ1n) is 9.02. The summed E-state index contributed by atoms with van der Waals surface area (Å²) >= 11 is 0. The van der Waals surface area contributed by atoms with E-state index < -0.39 is 36.7 Å². The average molecular weight is 375 g/mol. The molecule has 2 fully saturated rings. The molecule has 0 aromatic heterocycles. The Morgan fingerprint density at radius 3 is 2.54 bits per heavy atom. The number of hydrogen-bond donors (Lipinski definition) is 5. The minimum absolute atomic E-state index is 0.138. The minimum atomic E-state index is -1.07. The number of aliphatic hydroxyl groups excluding tert-OH is 1. The lowest BCUT2D eigenvalue weighted by atomic mass is 9.83. The van der Waals surface area contributed by atoms with Crippen molar-refractivity contribution in [1.82, 2.24) is 4.90 Å². The van der Waals surface area contributed by atoms with E-state index in [1.54, 1.807) is 7.05 Å². The monoisotopic (exact) mass is 375 g/mol. The van der Waals surface area contributed by atoms with Crippen LogP contribution < -0.4 is 22.9 Å². The van der Waals surface area contributed by atoms with Crippen molar-refractivity contribution >= 4 is 5.91 Å². The third kappa shape index (κ3) is 4.52. The molecule has 1 aliphatic heterocycles. The summed E-state index contributed by atoms with van der Waals surface area (Å²) < 4.78 is 17.2. The molecule has 26 heavy (non-hydrogen) atoms. The van der Waals surface area contributed by atoms with Crippen molar-refractivity contribution in [2.24, 2.45) is 22.9 Å². The molecule has 1 amide bonds. The summed E-state index contributed by atoms with van der Waals surface area (Å²) in [6.45, 7) is 0.205. The predicted molar refractivity (Wildman–Crippen MR) is 94.8 cm³/mol. The molecule has 2 rings (SSSR count). The van der Waals surface area contributed by atoms with Gasteiger partial charge in [-0.25, -0.2) is 0 Å². The second-order valence-electron chi connectivity index (χ2n) is 7.07. The van der Waals surface area contributed by atoms with Gasteiger partial charge in [-0.05, 0) is 19.3 Å². The van der Waals surface area contributed by atoms with Gasteiger partial charge in [-0.1, -0.05) is 0 Å². The summed E-state index contributed by atoms with van der Waals surface area (Å²) in [5.41, 5.74) is 23.5. The van der Waals surface area contributed by atoms with E-state index in [0.717, 1.165) is 6.42 Å². The molecule has 10 nitrogen and oxygen atoms in total. The number of aliphatic hydroxyl groups is 1. The Hall–Kier alpha value is -0.850. The molecule has 0 aromatic carbocycles.